The molecule has 4 heteroatoms. The molecule has 0 N–H and O–H groups in total. The van der Waals surface area contributed by atoms with Crippen molar-refractivity contribution in [3.8, 4) is 0 Å². The SMILES string of the molecule is C1=CC(N(C2=CC3C(C=C2)c2ccccc2N3c2ccccc2)c2cccc3c2oc2ccccc23)CC(c2ccc3c(c2)sc2ccccc23)=C1. The Labute approximate surface area is 306 Å². The van der Waals surface area contributed by atoms with Crippen LogP contribution >= 0.6 is 11.3 Å². The van der Waals surface area contributed by atoms with Crippen molar-refractivity contribution in [2.75, 3.05) is 9.80 Å². The lowest BCUT2D eigenvalue weighted by molar-refractivity contribution is 0.661. The van der Waals surface area contributed by atoms with Crippen molar-refractivity contribution in [1.82, 2.24) is 0 Å². The molecule has 1 aliphatic heterocycles. The van der Waals surface area contributed by atoms with Crippen LogP contribution in [0.5, 0.6) is 0 Å². The van der Waals surface area contributed by atoms with Crippen LogP contribution in [0.2, 0.25) is 0 Å². The van der Waals surface area contributed by atoms with Crippen LogP contribution in [0.3, 0.4) is 0 Å². The maximum atomic E-state index is 6.72. The van der Waals surface area contributed by atoms with Crippen LogP contribution in [0.25, 0.3) is 47.7 Å². The molecule has 52 heavy (non-hydrogen) atoms. The monoisotopic (exact) mass is 686 g/mol. The van der Waals surface area contributed by atoms with Crippen molar-refractivity contribution in [2.45, 2.75) is 24.4 Å². The van der Waals surface area contributed by atoms with Gasteiger partial charge in [0.25, 0.3) is 0 Å². The van der Waals surface area contributed by atoms with E-state index >= 15 is 0 Å². The molecular weight excluding hydrogens is 653 g/mol. The Balaban J connectivity index is 1.05. The quantitative estimate of drug-likeness (QED) is 0.180. The van der Waals surface area contributed by atoms with Gasteiger partial charge in [-0.1, -0.05) is 121 Å². The van der Waals surface area contributed by atoms with Crippen molar-refractivity contribution < 1.29 is 4.42 Å². The number of allylic oxidation sites excluding steroid dienone is 3. The highest BCUT2D eigenvalue weighted by Gasteiger charge is 2.39. The van der Waals surface area contributed by atoms with E-state index in [-0.39, 0.29) is 18.0 Å². The molecule has 0 saturated heterocycles. The normalized spacial score (nSPS) is 19.3. The summed E-state index contributed by atoms with van der Waals surface area (Å²) in [5.41, 5.74) is 10.6. The van der Waals surface area contributed by atoms with Crippen LogP contribution in [-0.2, 0) is 0 Å². The third-order valence-corrected chi connectivity index (χ3v) is 12.3. The number of nitrogens with zero attached hydrogens (tertiary/aromatic N) is 2. The fourth-order valence-corrected chi connectivity index (χ4v) is 9.94. The topological polar surface area (TPSA) is 19.6 Å². The third kappa shape index (κ3) is 4.57. The van der Waals surface area contributed by atoms with Crippen molar-refractivity contribution in [2.24, 2.45) is 0 Å². The lowest BCUT2D eigenvalue weighted by Gasteiger charge is -2.38. The first-order chi connectivity index (χ1) is 25.8. The van der Waals surface area contributed by atoms with Gasteiger partial charge in [0.15, 0.2) is 5.58 Å². The highest BCUT2D eigenvalue weighted by atomic mass is 32.1. The molecule has 0 amide bonds. The van der Waals surface area contributed by atoms with Crippen molar-refractivity contribution >= 4 is 76.1 Å². The van der Waals surface area contributed by atoms with Gasteiger partial charge in [-0.3, -0.25) is 0 Å². The second-order valence-electron chi connectivity index (χ2n) is 14.0. The van der Waals surface area contributed by atoms with E-state index in [0.717, 1.165) is 34.0 Å². The first-order valence-electron chi connectivity index (χ1n) is 18.1. The molecule has 0 fully saturated rings. The van der Waals surface area contributed by atoms with E-state index in [1.165, 1.54) is 53.9 Å². The molecule has 0 saturated carbocycles. The zero-order valence-corrected chi connectivity index (χ0v) is 29.2. The molecule has 2 aromatic heterocycles. The predicted octanol–water partition coefficient (Wildman–Crippen LogP) is 12.9. The predicted molar refractivity (Wildman–Crippen MR) is 220 cm³/mol. The minimum Gasteiger partial charge on any atom is -0.454 e. The van der Waals surface area contributed by atoms with Gasteiger partial charge in [0.2, 0.25) is 0 Å². The Kier molecular flexibility index (Phi) is 6.68. The molecule has 248 valence electrons. The number of anilines is 3. The summed E-state index contributed by atoms with van der Waals surface area (Å²) < 4.78 is 9.39. The first-order valence-corrected chi connectivity index (χ1v) is 18.9. The summed E-state index contributed by atoms with van der Waals surface area (Å²) in [5, 5.41) is 4.95. The molecule has 3 heterocycles. The molecule has 11 rings (SSSR count). The van der Waals surface area contributed by atoms with Gasteiger partial charge in [-0.05, 0) is 77.7 Å². The lowest BCUT2D eigenvalue weighted by atomic mass is 9.88. The van der Waals surface area contributed by atoms with E-state index in [0.29, 0.717) is 0 Å². The fraction of sp³-hybridized carbons (Fsp3) is 0.0833. The number of furan rings is 1. The summed E-state index contributed by atoms with van der Waals surface area (Å²) in [5.74, 6) is 0.259. The van der Waals surface area contributed by atoms with Gasteiger partial charge >= 0.3 is 0 Å². The van der Waals surface area contributed by atoms with E-state index in [1.54, 1.807) is 0 Å². The number of fused-ring (bicyclic) bond motifs is 9. The number of rotatable bonds is 5. The molecule has 3 aliphatic rings. The second kappa shape index (κ2) is 11.7. The number of para-hydroxylation sites is 4. The van der Waals surface area contributed by atoms with Crippen LogP contribution < -0.4 is 9.80 Å². The molecular formula is C48H34N2OS. The van der Waals surface area contributed by atoms with Gasteiger partial charge in [0.05, 0.1) is 17.8 Å². The molecule has 3 nitrogen and oxygen atoms in total. The van der Waals surface area contributed by atoms with Gasteiger partial charge in [0, 0.05) is 53.9 Å². The summed E-state index contributed by atoms with van der Waals surface area (Å²) in [6.07, 6.45) is 15.1. The molecule has 2 aliphatic carbocycles. The van der Waals surface area contributed by atoms with Crippen LogP contribution in [-0.4, -0.2) is 12.1 Å². The smallest absolute Gasteiger partial charge is 0.159 e. The Bertz CT molecular complexity index is 2820. The molecule has 0 spiro atoms. The van der Waals surface area contributed by atoms with Gasteiger partial charge in [-0.25, -0.2) is 0 Å². The second-order valence-corrected chi connectivity index (χ2v) is 15.1. The van der Waals surface area contributed by atoms with Crippen LogP contribution in [0.15, 0.2) is 186 Å². The molecule has 3 unspecified atom stereocenters. The van der Waals surface area contributed by atoms with Gasteiger partial charge in [-0.15, -0.1) is 11.3 Å². The van der Waals surface area contributed by atoms with E-state index in [1.807, 2.05) is 11.3 Å². The summed E-state index contributed by atoms with van der Waals surface area (Å²) in [4.78, 5) is 5.05. The Morgan fingerprint density at radius 1 is 0.673 bits per heavy atom. The average Bonchev–Trinajstić information content (AvgIpc) is 3.88. The molecule has 3 atom stereocenters. The van der Waals surface area contributed by atoms with E-state index in [2.05, 4.69) is 186 Å². The Morgan fingerprint density at radius 3 is 2.40 bits per heavy atom. The summed E-state index contributed by atoms with van der Waals surface area (Å²) in [7, 11) is 0. The molecule has 0 radical (unpaired) electrons. The Morgan fingerprint density at radius 2 is 1.46 bits per heavy atom. The van der Waals surface area contributed by atoms with Crippen molar-refractivity contribution in [3.05, 3.63) is 193 Å². The van der Waals surface area contributed by atoms with E-state index < -0.39 is 0 Å². The first kappa shape index (κ1) is 29.6. The lowest BCUT2D eigenvalue weighted by Crippen LogP contribution is -2.37. The molecule has 8 aromatic rings. The number of hydrogen-bond acceptors (Lipinski definition) is 4. The number of hydrogen-bond donors (Lipinski definition) is 0. The van der Waals surface area contributed by atoms with E-state index in [9.17, 15) is 0 Å². The average molecular weight is 687 g/mol. The van der Waals surface area contributed by atoms with Gasteiger partial charge < -0.3 is 14.2 Å². The fourth-order valence-electron chi connectivity index (χ4n) is 8.79. The minimum absolute atomic E-state index is 0.0679. The van der Waals surface area contributed by atoms with Crippen molar-refractivity contribution in [1.29, 1.82) is 0 Å². The molecule has 6 aromatic carbocycles. The van der Waals surface area contributed by atoms with Crippen LogP contribution in [0, 0.1) is 0 Å². The zero-order valence-electron chi connectivity index (χ0n) is 28.4. The minimum atomic E-state index is 0.0679. The standard InChI is InChI=1S/C48H34N2OS/c1-2-13-33(14-3-1)50-42-20-7-4-16-36(42)37-27-25-35(30-44(37)50)49(43-21-11-19-41-38-17-5-8-22-45(38)51-48(41)43)34-15-10-12-31(28-34)32-24-26-40-39-18-6-9-23-46(39)52-47(40)29-32/h1-27,29-30,34,37,44H,28H2. The van der Waals surface area contributed by atoms with Crippen LogP contribution in [0.1, 0.15) is 23.5 Å². The maximum absolute atomic E-state index is 6.72. The summed E-state index contributed by atoms with van der Waals surface area (Å²) >= 11 is 1.88. The Hall–Kier alpha value is -6.10. The highest BCUT2D eigenvalue weighted by Crippen LogP contribution is 2.49. The third-order valence-electron chi connectivity index (χ3n) is 11.1. The van der Waals surface area contributed by atoms with Gasteiger partial charge in [0.1, 0.15) is 5.58 Å². The maximum Gasteiger partial charge on any atom is 0.159 e. The molecule has 0 bridgehead atoms. The largest absolute Gasteiger partial charge is 0.454 e. The summed E-state index contributed by atoms with van der Waals surface area (Å²) in [6, 6.07) is 50.7. The van der Waals surface area contributed by atoms with E-state index in [4.69, 9.17) is 4.42 Å². The zero-order chi connectivity index (χ0) is 34.2. The van der Waals surface area contributed by atoms with Crippen molar-refractivity contribution in [3.63, 3.8) is 0 Å². The summed E-state index contributed by atoms with van der Waals surface area (Å²) in [6.45, 7) is 0. The van der Waals surface area contributed by atoms with Crippen LogP contribution in [0.4, 0.5) is 17.1 Å². The number of thiophene rings is 1. The number of benzene rings is 6. The highest BCUT2D eigenvalue weighted by molar-refractivity contribution is 7.25. The van der Waals surface area contributed by atoms with Gasteiger partial charge in [-0.2, -0.15) is 0 Å².